The summed E-state index contributed by atoms with van der Waals surface area (Å²) >= 11 is 17.1. The Morgan fingerprint density at radius 2 is 0.364 bits per heavy atom. The Balaban J connectivity index is 0.000000264. The molecule has 0 atom stereocenters. The van der Waals surface area contributed by atoms with Crippen LogP contribution in [0.4, 0.5) is 0 Å². The molecule has 0 aliphatic carbocycles. The lowest BCUT2D eigenvalue weighted by Crippen LogP contribution is -2.07. The number of hydrogen-bond donors (Lipinski definition) is 1. The van der Waals surface area contributed by atoms with Gasteiger partial charge in [-0.05, 0) is 170 Å². The van der Waals surface area contributed by atoms with Gasteiger partial charge in [-0.2, -0.15) is 0 Å². The van der Waals surface area contributed by atoms with E-state index in [9.17, 15) is 28.8 Å². The van der Waals surface area contributed by atoms with Gasteiger partial charge in [-0.15, -0.1) is 0 Å². The molecule has 0 aliphatic rings. The van der Waals surface area contributed by atoms with Crippen LogP contribution in [-0.2, 0) is 14.2 Å². The molecule has 6 aromatic heterocycles. The molecule has 8 aromatic carbocycles. The lowest BCUT2D eigenvalue weighted by molar-refractivity contribution is 0.0488. The second kappa shape index (κ2) is 52.5. The summed E-state index contributed by atoms with van der Waals surface area (Å²) in [7, 11) is 0. The highest BCUT2D eigenvalue weighted by atomic mass is 35.5. The molecule has 1 N–H and O–H groups in total. The SMILES string of the molecule is C.C.CCCCCCCCCCCCO.CCCCCCCCCCCCOC(=O)c1ccc2nc3c4nc5ccc(C(=O)OCCCCCCCCCCCC)cc5nc4c4nc5cc(C(=O)OCCCCCCCCCCCC)ccc5nc4c3nc2c1.O=C(Cl)c1ccc2nc3c4nc5ccc(C(=O)Cl)cc5nc4c4nc5cc(C(=O)Cl)ccc5nc4c3nc2c1. The van der Waals surface area contributed by atoms with Crippen LogP contribution in [0, 0.1) is 0 Å². The summed E-state index contributed by atoms with van der Waals surface area (Å²) in [5.74, 6) is -1.22. The zero-order valence-corrected chi connectivity index (χ0v) is 76.4. The van der Waals surface area contributed by atoms with Crippen LogP contribution in [0.25, 0.3) is 132 Å². The number of fused-ring (bicyclic) bond motifs is 18. The maximum atomic E-state index is 13.4. The second-order valence-electron chi connectivity index (χ2n) is 33.4. The molecular weight excluding hydrogens is 1680 g/mol. The first-order valence-corrected chi connectivity index (χ1v) is 47.8. The van der Waals surface area contributed by atoms with Crippen molar-refractivity contribution in [1.29, 1.82) is 0 Å². The van der Waals surface area contributed by atoms with Crippen molar-refractivity contribution in [2.75, 3.05) is 26.4 Å². The fourth-order valence-corrected chi connectivity index (χ4v) is 16.5. The Morgan fingerprint density at radius 3 is 0.535 bits per heavy atom. The van der Waals surface area contributed by atoms with Gasteiger partial charge in [0, 0.05) is 23.3 Å². The zero-order valence-electron chi connectivity index (χ0n) is 74.1. The first-order chi connectivity index (χ1) is 62.1. The van der Waals surface area contributed by atoms with E-state index in [4.69, 9.17) is 114 Å². The number of aliphatic hydroxyl groups excluding tert-OH is 1. The normalized spacial score (nSPS) is 11.4. The Kier molecular flexibility index (Phi) is 41.0. The van der Waals surface area contributed by atoms with E-state index in [1.807, 2.05) is 0 Å². The number of carbonyl (C=O) groups excluding carboxylic acids is 6. The molecule has 0 spiro atoms. The predicted molar refractivity (Wildman–Crippen MR) is 526 cm³/mol. The van der Waals surface area contributed by atoms with Crippen molar-refractivity contribution in [2.45, 2.75) is 299 Å². The predicted octanol–water partition coefficient (Wildman–Crippen LogP) is 28.5. The van der Waals surface area contributed by atoms with Crippen LogP contribution in [0.15, 0.2) is 109 Å². The highest BCUT2D eigenvalue weighted by molar-refractivity contribution is 6.68. The Hall–Kier alpha value is -10.4. The third kappa shape index (κ3) is 28.1. The minimum absolute atomic E-state index is 0. The van der Waals surface area contributed by atoms with Gasteiger partial charge in [0.2, 0.25) is 0 Å². The van der Waals surface area contributed by atoms with Crippen molar-refractivity contribution in [3.63, 3.8) is 0 Å². The Bertz CT molecular complexity index is 6170. The molecule has 25 heteroatoms. The largest absolute Gasteiger partial charge is 0.462 e. The minimum Gasteiger partial charge on any atom is -0.462 e. The number of aromatic nitrogens is 12. The topological polar surface area (TPSA) is 305 Å². The van der Waals surface area contributed by atoms with Gasteiger partial charge in [-0.25, -0.2) is 74.2 Å². The van der Waals surface area contributed by atoms with Crippen LogP contribution in [0.1, 0.15) is 362 Å². The number of nitrogens with zero attached hydrogens (tertiary/aromatic N) is 12. The summed E-state index contributed by atoms with van der Waals surface area (Å²) in [6.45, 7) is 10.4. The first kappa shape index (κ1) is 101. The van der Waals surface area contributed by atoms with Gasteiger partial charge in [0.05, 0.1) is 103 Å². The summed E-state index contributed by atoms with van der Waals surface area (Å²) < 4.78 is 17.2. The summed E-state index contributed by atoms with van der Waals surface area (Å²) in [6, 6.07) is 29.8. The third-order valence-corrected chi connectivity index (χ3v) is 24.1. The van der Waals surface area contributed by atoms with E-state index in [2.05, 4.69) is 27.7 Å². The lowest BCUT2D eigenvalue weighted by Gasteiger charge is -2.12. The smallest absolute Gasteiger partial charge is 0.338 e. The number of hydrogen-bond acceptors (Lipinski definition) is 22. The van der Waals surface area contributed by atoms with Gasteiger partial charge >= 0.3 is 17.9 Å². The van der Waals surface area contributed by atoms with Crippen LogP contribution in [0.5, 0.6) is 0 Å². The molecule has 684 valence electrons. The molecular formula is C104H127Cl3N12O10. The van der Waals surface area contributed by atoms with E-state index in [0.29, 0.717) is 176 Å². The molecule has 22 nitrogen and oxygen atoms in total. The first-order valence-electron chi connectivity index (χ1n) is 46.7. The van der Waals surface area contributed by atoms with Crippen LogP contribution in [0.3, 0.4) is 0 Å². The summed E-state index contributed by atoms with van der Waals surface area (Å²) in [6.07, 6.45) is 49.3. The molecule has 0 amide bonds. The molecule has 6 heterocycles. The Labute approximate surface area is 772 Å². The zero-order chi connectivity index (χ0) is 89.2. The fraction of sp³-hybridized carbons (Fsp3) is 0.481. The van der Waals surface area contributed by atoms with Crippen molar-refractivity contribution in [3.8, 4) is 0 Å². The summed E-state index contributed by atoms with van der Waals surface area (Å²) in [5, 5.41) is 6.69. The number of carbonyl (C=O) groups is 6. The second-order valence-corrected chi connectivity index (χ2v) is 34.5. The van der Waals surface area contributed by atoms with Crippen molar-refractivity contribution in [1.82, 2.24) is 59.8 Å². The van der Waals surface area contributed by atoms with E-state index in [1.165, 1.54) is 199 Å². The number of esters is 3. The van der Waals surface area contributed by atoms with E-state index in [0.717, 1.165) is 64.2 Å². The van der Waals surface area contributed by atoms with Crippen molar-refractivity contribution >= 4 is 201 Å². The van der Waals surface area contributed by atoms with Gasteiger partial charge < -0.3 is 19.3 Å². The lowest BCUT2D eigenvalue weighted by atomic mass is 10.1. The average Bonchev–Trinajstić information content (AvgIpc) is 0.723. The molecule has 0 fully saturated rings. The Morgan fingerprint density at radius 1 is 0.217 bits per heavy atom. The number of rotatable bonds is 49. The number of ether oxygens (including phenoxy) is 3. The molecule has 0 aliphatic heterocycles. The maximum Gasteiger partial charge on any atom is 0.338 e. The van der Waals surface area contributed by atoms with E-state index < -0.39 is 33.6 Å². The highest BCUT2D eigenvalue weighted by Crippen LogP contribution is 2.37. The van der Waals surface area contributed by atoms with Crippen LogP contribution in [-0.4, -0.2) is 125 Å². The standard InChI is InChI=1S/C63H84N6O6.C27H9Cl3N6O3.C12H26O.2CH4/c1-4-7-10-13-16-19-22-25-28-31-40-73-61(70)46-34-37-49-52(43-46)67-58-55(64-49)56-59(68-53-44-47(35-38-50(53)65-56)62(71)74-41-32-29-26-23-20-17-14-11-8-5-2)60-57(58)66-51-39-36-48(45-54(51)69-60)63(72)75-42-33-30-27-24-21-18-15-12-9-6-3;28-25(37)10-1-4-13-16(7-10)34-22-19(31-13)20-23(35-17-8-11(26(29)38)2-5-14(17)32-20)24-21(22)33-15-6-3-12(27(30)39)9-18(15)36-24;1-2-3-4-5-6-7-8-9-10-11-12-13;;/h34-39,43-45H,4-33,40-42H2,1-3H3;1-9H;13H,2-12H2,1H3;2*1H4. The van der Waals surface area contributed by atoms with Gasteiger partial charge in [0.1, 0.15) is 66.2 Å². The van der Waals surface area contributed by atoms with Crippen molar-refractivity contribution < 1.29 is 48.1 Å². The molecule has 0 saturated carbocycles. The number of benzene rings is 8. The summed E-state index contributed by atoms with van der Waals surface area (Å²) in [4.78, 5) is 135. The van der Waals surface area contributed by atoms with Gasteiger partial charge in [-0.3, -0.25) is 14.4 Å². The molecule has 0 bridgehead atoms. The minimum atomic E-state index is -0.631. The number of aliphatic hydroxyl groups is 1. The van der Waals surface area contributed by atoms with Crippen LogP contribution in [0.2, 0.25) is 0 Å². The molecule has 129 heavy (non-hydrogen) atoms. The van der Waals surface area contributed by atoms with E-state index in [-0.39, 0.29) is 31.5 Å². The molecule has 0 unspecified atom stereocenters. The summed E-state index contributed by atoms with van der Waals surface area (Å²) in [5.41, 5.74) is 12.7. The van der Waals surface area contributed by atoms with E-state index in [1.54, 1.807) is 103 Å². The molecule has 0 saturated heterocycles. The quantitative estimate of drug-likeness (QED) is 0.00925. The van der Waals surface area contributed by atoms with Crippen molar-refractivity contribution in [3.05, 3.63) is 143 Å². The molecule has 14 aromatic rings. The van der Waals surface area contributed by atoms with Gasteiger partial charge in [0.25, 0.3) is 15.7 Å². The van der Waals surface area contributed by atoms with Crippen LogP contribution < -0.4 is 0 Å². The van der Waals surface area contributed by atoms with Crippen LogP contribution >= 0.6 is 34.8 Å². The fourth-order valence-electron chi connectivity index (χ4n) is 16.2. The van der Waals surface area contributed by atoms with E-state index >= 15 is 0 Å². The molecule has 14 rings (SSSR count). The maximum absolute atomic E-state index is 13.4. The monoisotopic (exact) mass is 1810 g/mol. The van der Waals surface area contributed by atoms with Gasteiger partial charge in [0.15, 0.2) is 0 Å². The average molecular weight is 1810 g/mol. The number of unbranched alkanes of at least 4 members (excludes halogenated alkanes) is 36. The van der Waals surface area contributed by atoms with Gasteiger partial charge in [-0.1, -0.05) is 274 Å². The third-order valence-electron chi connectivity index (χ3n) is 23.4. The highest BCUT2D eigenvalue weighted by Gasteiger charge is 2.25. The molecule has 0 radical (unpaired) electrons. The number of halogens is 3. The van der Waals surface area contributed by atoms with Crippen molar-refractivity contribution in [2.24, 2.45) is 0 Å².